The van der Waals surface area contributed by atoms with E-state index in [1.807, 2.05) is 0 Å². The van der Waals surface area contributed by atoms with E-state index in [9.17, 15) is 31.4 Å². The lowest BCUT2D eigenvalue weighted by Crippen LogP contribution is -2.54. The lowest BCUT2D eigenvalue weighted by Gasteiger charge is -2.33. The van der Waals surface area contributed by atoms with Crippen molar-refractivity contribution < 1.29 is 36.2 Å². The average molecular weight is 300 g/mol. The van der Waals surface area contributed by atoms with E-state index in [0.717, 1.165) is 18.2 Å². The highest BCUT2D eigenvalue weighted by Gasteiger charge is 2.71. The molecule has 0 saturated heterocycles. The molecule has 0 radical (unpaired) electrons. The average Bonchev–Trinajstić information content (AvgIpc) is 2.34. The summed E-state index contributed by atoms with van der Waals surface area (Å²) in [5.74, 6) is 0.0374. The first-order valence-electron chi connectivity index (χ1n) is 5.15. The van der Waals surface area contributed by atoms with Gasteiger partial charge in [-0.3, -0.25) is 0 Å². The number of rotatable bonds is 3. The molecule has 1 aromatic carbocycles. The minimum atomic E-state index is -5.93. The van der Waals surface area contributed by atoms with Gasteiger partial charge in [0, 0.05) is 5.56 Å². The Kier molecular flexibility index (Phi) is 4.09. The van der Waals surface area contributed by atoms with E-state index >= 15 is 0 Å². The first-order valence-corrected chi connectivity index (χ1v) is 5.15. The number of aliphatic hydroxyl groups is 1. The number of benzene rings is 1. The second-order valence-electron chi connectivity index (χ2n) is 3.86. The summed E-state index contributed by atoms with van der Waals surface area (Å²) < 4.78 is 81.2. The minimum Gasteiger partial charge on any atom is -0.497 e. The van der Waals surface area contributed by atoms with Gasteiger partial charge < -0.3 is 9.84 Å². The van der Waals surface area contributed by atoms with Gasteiger partial charge in [0.2, 0.25) is 0 Å². The summed E-state index contributed by atoms with van der Waals surface area (Å²) in [6, 6.07) is 2.33. The molecule has 1 N–H and O–H groups in total. The number of alkyl halides is 6. The molecular weight excluding hydrogens is 290 g/mol. The normalized spacial score (nSPS) is 13.2. The van der Waals surface area contributed by atoms with E-state index in [1.54, 1.807) is 0 Å². The third-order valence-corrected chi connectivity index (χ3v) is 2.69. The Morgan fingerprint density at radius 2 is 1.60 bits per heavy atom. The SMILES string of the molecule is C=Cc1cc(OC)ccc1C(O)(C(F)(F)F)C(F)(F)F. The van der Waals surface area contributed by atoms with Crippen molar-refractivity contribution in [2.75, 3.05) is 7.11 Å². The molecule has 0 aromatic heterocycles. The predicted octanol–water partition coefficient (Wildman–Crippen LogP) is 3.65. The Hall–Kier alpha value is -1.70. The zero-order valence-corrected chi connectivity index (χ0v) is 10.1. The van der Waals surface area contributed by atoms with Gasteiger partial charge in [-0.15, -0.1) is 0 Å². The monoisotopic (exact) mass is 300 g/mol. The molecule has 2 nitrogen and oxygen atoms in total. The summed E-state index contributed by atoms with van der Waals surface area (Å²) in [4.78, 5) is 0. The molecular formula is C12H10F6O2. The van der Waals surface area contributed by atoms with Crippen LogP contribution >= 0.6 is 0 Å². The van der Waals surface area contributed by atoms with Crippen molar-refractivity contribution in [1.29, 1.82) is 0 Å². The molecule has 0 bridgehead atoms. The molecule has 112 valence electrons. The van der Waals surface area contributed by atoms with E-state index in [2.05, 4.69) is 6.58 Å². The van der Waals surface area contributed by atoms with Gasteiger partial charge in [0.1, 0.15) is 5.75 Å². The largest absolute Gasteiger partial charge is 0.497 e. The Labute approximate surface area is 110 Å². The topological polar surface area (TPSA) is 29.5 Å². The molecule has 0 saturated carbocycles. The van der Waals surface area contributed by atoms with Crippen molar-refractivity contribution in [3.63, 3.8) is 0 Å². The lowest BCUT2D eigenvalue weighted by atomic mass is 9.88. The first kappa shape index (κ1) is 16.4. The van der Waals surface area contributed by atoms with E-state index in [4.69, 9.17) is 4.74 Å². The molecule has 0 amide bonds. The number of hydrogen-bond donors (Lipinski definition) is 1. The van der Waals surface area contributed by atoms with Crippen LogP contribution in [0.5, 0.6) is 5.75 Å². The maximum absolute atomic E-state index is 12.7. The van der Waals surface area contributed by atoms with Crippen LogP contribution in [0.15, 0.2) is 24.8 Å². The van der Waals surface area contributed by atoms with Crippen molar-refractivity contribution in [2.45, 2.75) is 18.0 Å². The fourth-order valence-electron chi connectivity index (χ4n) is 1.63. The van der Waals surface area contributed by atoms with Crippen molar-refractivity contribution in [3.05, 3.63) is 35.9 Å². The molecule has 20 heavy (non-hydrogen) atoms. The van der Waals surface area contributed by atoms with E-state index < -0.39 is 29.1 Å². The fraction of sp³-hybridized carbons (Fsp3) is 0.333. The molecule has 0 aliphatic heterocycles. The second-order valence-corrected chi connectivity index (χ2v) is 3.86. The van der Waals surface area contributed by atoms with Crippen molar-refractivity contribution in [2.24, 2.45) is 0 Å². The van der Waals surface area contributed by atoms with Crippen molar-refractivity contribution >= 4 is 6.08 Å². The first-order chi connectivity index (χ1) is 8.99. The summed E-state index contributed by atoms with van der Waals surface area (Å²) in [6.45, 7) is 3.14. The molecule has 0 spiro atoms. The van der Waals surface area contributed by atoms with Crippen LogP contribution in [0.4, 0.5) is 26.3 Å². The van der Waals surface area contributed by atoms with Gasteiger partial charge in [0.05, 0.1) is 7.11 Å². The summed E-state index contributed by atoms with van der Waals surface area (Å²) in [5.41, 5.74) is -6.86. The highest BCUT2D eigenvalue weighted by molar-refractivity contribution is 5.57. The third kappa shape index (κ3) is 2.47. The van der Waals surface area contributed by atoms with Gasteiger partial charge in [-0.2, -0.15) is 26.3 Å². The Morgan fingerprint density at radius 3 is 1.95 bits per heavy atom. The lowest BCUT2D eigenvalue weighted by molar-refractivity contribution is -0.376. The van der Waals surface area contributed by atoms with E-state index in [0.29, 0.717) is 6.07 Å². The highest BCUT2D eigenvalue weighted by atomic mass is 19.4. The number of ether oxygens (including phenoxy) is 1. The van der Waals surface area contributed by atoms with Gasteiger partial charge in [-0.05, 0) is 17.7 Å². The van der Waals surface area contributed by atoms with Crippen molar-refractivity contribution in [3.8, 4) is 5.75 Å². The van der Waals surface area contributed by atoms with E-state index in [1.165, 1.54) is 7.11 Å². The molecule has 0 fully saturated rings. The van der Waals surface area contributed by atoms with Crippen LogP contribution < -0.4 is 4.74 Å². The van der Waals surface area contributed by atoms with Crippen molar-refractivity contribution in [1.82, 2.24) is 0 Å². The zero-order chi connectivity index (χ0) is 15.8. The molecule has 1 aromatic rings. The third-order valence-electron chi connectivity index (χ3n) is 2.69. The molecule has 0 atom stereocenters. The van der Waals surface area contributed by atoms with E-state index in [-0.39, 0.29) is 5.75 Å². The number of halogens is 6. The van der Waals surface area contributed by atoms with Crippen LogP contribution in [0.1, 0.15) is 11.1 Å². The summed E-state index contributed by atoms with van der Waals surface area (Å²) >= 11 is 0. The van der Waals surface area contributed by atoms with Gasteiger partial charge in [0.25, 0.3) is 5.60 Å². The fourth-order valence-corrected chi connectivity index (χ4v) is 1.63. The highest BCUT2D eigenvalue weighted by Crippen LogP contribution is 2.51. The number of hydrogen-bond acceptors (Lipinski definition) is 2. The molecule has 0 aliphatic rings. The Bertz CT molecular complexity index is 490. The molecule has 1 rings (SSSR count). The van der Waals surface area contributed by atoms with Crippen LogP contribution in [-0.2, 0) is 5.60 Å². The molecule has 8 heteroatoms. The number of methoxy groups -OCH3 is 1. The Morgan fingerprint density at radius 1 is 1.10 bits per heavy atom. The van der Waals surface area contributed by atoms with Crippen LogP contribution in [0.25, 0.3) is 6.08 Å². The van der Waals surface area contributed by atoms with Crippen LogP contribution in [0.3, 0.4) is 0 Å². The minimum absolute atomic E-state index is 0.0374. The van der Waals surface area contributed by atoms with Crippen LogP contribution in [-0.4, -0.2) is 24.6 Å². The Balaban J connectivity index is 3.64. The van der Waals surface area contributed by atoms with Crippen LogP contribution in [0, 0.1) is 0 Å². The summed E-state index contributed by atoms with van der Waals surface area (Å²) in [5, 5.41) is 9.29. The molecule has 0 heterocycles. The quantitative estimate of drug-likeness (QED) is 0.863. The van der Waals surface area contributed by atoms with Crippen LogP contribution in [0.2, 0.25) is 0 Å². The van der Waals surface area contributed by atoms with Gasteiger partial charge >= 0.3 is 12.4 Å². The maximum atomic E-state index is 12.7. The molecule has 0 unspecified atom stereocenters. The summed E-state index contributed by atoms with van der Waals surface area (Å²) in [6.07, 6.45) is -11.1. The smallest absolute Gasteiger partial charge is 0.430 e. The zero-order valence-electron chi connectivity index (χ0n) is 10.1. The predicted molar refractivity (Wildman–Crippen MR) is 59.1 cm³/mol. The standard InChI is InChI=1S/C12H10F6O2/c1-3-7-6-8(20-2)4-5-9(7)10(19,11(13,14)15)12(16,17)18/h3-6,19H,1H2,2H3. The maximum Gasteiger partial charge on any atom is 0.430 e. The molecule has 0 aliphatic carbocycles. The second kappa shape index (κ2) is 5.01. The van der Waals surface area contributed by atoms with Gasteiger partial charge in [0.15, 0.2) is 0 Å². The summed E-state index contributed by atoms with van der Waals surface area (Å²) in [7, 11) is 1.20. The van der Waals surface area contributed by atoms with Gasteiger partial charge in [-0.1, -0.05) is 18.7 Å². The van der Waals surface area contributed by atoms with Gasteiger partial charge in [-0.25, -0.2) is 0 Å².